The number of carbonyl (C=O) groups is 2. The maximum atomic E-state index is 15.4. The van der Waals surface area contributed by atoms with Gasteiger partial charge in [-0.3, -0.25) is 9.59 Å². The number of aromatic amines is 1. The van der Waals surface area contributed by atoms with Crippen LogP contribution in [0.1, 0.15) is 42.3 Å². The number of halogens is 2. The lowest BCUT2D eigenvalue weighted by Crippen LogP contribution is -2.34. The first-order valence-electron chi connectivity index (χ1n) is 20.4. The number of aromatic nitrogens is 3. The van der Waals surface area contributed by atoms with Crippen molar-refractivity contribution in [1.82, 2.24) is 25.2 Å². The van der Waals surface area contributed by atoms with Gasteiger partial charge in [0.2, 0.25) is 0 Å². The number of benzene rings is 1. The lowest BCUT2D eigenvalue weighted by molar-refractivity contribution is -0.0164. The Labute approximate surface area is 364 Å². The van der Waals surface area contributed by atoms with Gasteiger partial charge in [0.05, 0.1) is 103 Å². The molecular weight excluding hydrogens is 851 g/mol. The first kappa shape index (κ1) is 49.0. The molecule has 2 amide bonds. The normalized spacial score (nSPS) is 12.7. The fraction of sp³-hybridized carbons (Fsp3) is 0.524. The molecule has 4 aromatic rings. The second-order valence-electron chi connectivity index (χ2n) is 15.5. The zero-order chi connectivity index (χ0) is 45.6. The molecule has 0 saturated heterocycles. The van der Waals surface area contributed by atoms with Crippen molar-refractivity contribution in [3.05, 3.63) is 75.5 Å². The van der Waals surface area contributed by atoms with E-state index in [-0.39, 0.29) is 55.4 Å². The predicted molar refractivity (Wildman–Crippen MR) is 229 cm³/mol. The first-order valence-corrected chi connectivity index (χ1v) is 22.4. The highest BCUT2D eigenvalue weighted by Gasteiger charge is 2.30. The number of H-pyrrole nitrogens is 1. The highest BCUT2D eigenvalue weighted by molar-refractivity contribution is 7.89. The van der Waals surface area contributed by atoms with Crippen molar-refractivity contribution in [3.8, 4) is 11.1 Å². The van der Waals surface area contributed by atoms with Crippen molar-refractivity contribution < 1.29 is 59.9 Å². The Balaban J connectivity index is 1.02. The van der Waals surface area contributed by atoms with Gasteiger partial charge in [0.1, 0.15) is 16.9 Å². The Kier molecular flexibility index (Phi) is 17.9. The second-order valence-corrected chi connectivity index (χ2v) is 17.7. The summed E-state index contributed by atoms with van der Waals surface area (Å²) in [6.45, 7) is 9.83. The number of hydrogen-bond acceptors (Lipinski definition) is 14. The van der Waals surface area contributed by atoms with Crippen LogP contribution < -0.4 is 21.1 Å². The third kappa shape index (κ3) is 14.8. The van der Waals surface area contributed by atoms with Crippen molar-refractivity contribution in [1.29, 1.82) is 0 Å². The average molecular weight is 907 g/mol. The van der Waals surface area contributed by atoms with Crippen molar-refractivity contribution in [2.75, 3.05) is 104 Å². The number of aryl methyl sites for hydroxylation is 1. The molecule has 1 aromatic carbocycles. The van der Waals surface area contributed by atoms with Gasteiger partial charge in [0, 0.05) is 66.9 Å². The number of ether oxygens (including phenoxy) is 7. The highest BCUT2D eigenvalue weighted by Crippen LogP contribution is 2.45. The van der Waals surface area contributed by atoms with Gasteiger partial charge < -0.3 is 58.2 Å². The average Bonchev–Trinajstić information content (AvgIpc) is 3.57. The molecule has 1 aliphatic rings. The molecule has 346 valence electrons. The molecule has 5 rings (SSSR count). The van der Waals surface area contributed by atoms with Gasteiger partial charge in [-0.25, -0.2) is 27.0 Å². The minimum Gasteiger partial charge on any atom is -0.444 e. The van der Waals surface area contributed by atoms with E-state index in [2.05, 4.69) is 20.6 Å². The summed E-state index contributed by atoms with van der Waals surface area (Å²) in [6.07, 6.45) is 4.66. The van der Waals surface area contributed by atoms with Crippen LogP contribution in [-0.2, 0) is 62.3 Å². The molecule has 0 unspecified atom stereocenters. The zero-order valence-corrected chi connectivity index (χ0v) is 37.0. The first-order chi connectivity index (χ1) is 30.0. The van der Waals surface area contributed by atoms with Gasteiger partial charge >= 0.3 is 6.09 Å². The summed E-state index contributed by atoms with van der Waals surface area (Å²) in [7, 11) is -2.09. The lowest BCUT2D eigenvalue weighted by atomic mass is 9.96. The number of nitrogens with one attached hydrogen (secondary N) is 3. The predicted octanol–water partition coefficient (Wildman–Crippen LogP) is 3.76. The number of sulfone groups is 1. The number of pyridine rings is 2. The van der Waals surface area contributed by atoms with Gasteiger partial charge in [-0.2, -0.15) is 0 Å². The molecule has 0 fully saturated rings. The van der Waals surface area contributed by atoms with E-state index in [1.165, 1.54) is 15.5 Å². The molecule has 0 saturated carbocycles. The van der Waals surface area contributed by atoms with E-state index in [4.69, 9.17) is 33.2 Å². The van der Waals surface area contributed by atoms with E-state index < -0.39 is 44.8 Å². The lowest BCUT2D eigenvalue weighted by Gasteiger charge is -2.26. The van der Waals surface area contributed by atoms with Crippen molar-refractivity contribution in [2.45, 2.75) is 38.7 Å². The molecule has 0 atom stereocenters. The Morgan fingerprint density at radius 3 is 1.92 bits per heavy atom. The number of carbonyl (C=O) groups excluding carboxylic acids is 2. The van der Waals surface area contributed by atoms with Crippen LogP contribution in [0.3, 0.4) is 0 Å². The number of fused-ring (bicyclic) bond motifs is 2. The third-order valence-electron chi connectivity index (χ3n) is 9.23. The molecule has 18 nitrogen and oxygen atoms in total. The van der Waals surface area contributed by atoms with Crippen LogP contribution in [0.4, 0.5) is 25.1 Å². The smallest absolute Gasteiger partial charge is 0.407 e. The van der Waals surface area contributed by atoms with E-state index in [9.17, 15) is 27.2 Å². The maximum absolute atomic E-state index is 15.4. The molecule has 63 heavy (non-hydrogen) atoms. The summed E-state index contributed by atoms with van der Waals surface area (Å²) in [6, 6.07) is 3.72. The summed E-state index contributed by atoms with van der Waals surface area (Å²) < 4.78 is 94.2. The molecule has 21 heteroatoms. The molecule has 1 aliphatic heterocycles. The molecule has 3 N–H and O–H groups in total. The fourth-order valence-electron chi connectivity index (χ4n) is 6.57. The molecule has 0 spiro atoms. The molecule has 0 aliphatic carbocycles. The van der Waals surface area contributed by atoms with Gasteiger partial charge in [-0.1, -0.05) is 0 Å². The summed E-state index contributed by atoms with van der Waals surface area (Å²) in [5, 5.41) is 5.93. The SMILES string of the molecule is Cn1cc2c3c(c[nH]c3c1=O)CN(c1ncc(F)cc1F)c1cc(C(=O)NCCOCCOCCOCCOCCOCCOCCNC(=O)OC(C)(C)C)c(CS(C)(=O)=O)cc1-2. The third-order valence-corrected chi connectivity index (χ3v) is 10.1. The minimum absolute atomic E-state index is 0.0127. The number of nitrogens with zero attached hydrogens (tertiary/aromatic N) is 3. The van der Waals surface area contributed by atoms with Gasteiger partial charge in [0.15, 0.2) is 21.5 Å². The quantitative estimate of drug-likeness (QED) is 0.0810. The fourth-order valence-corrected chi connectivity index (χ4v) is 7.38. The standard InChI is InChI=1S/C42H56F2N6O12S/c1-42(2,3)62-41(53)46-7-9-57-11-13-59-15-17-61-19-18-60-16-14-58-12-10-56-8-6-45-39(51)31-22-35-32(20-28(31)27-63(5,54)55)33-26-49(4)40(52)37-36(33)29(23-47-37)25-50(35)38-34(44)21-30(43)24-48-38/h20-24,26,47H,6-19,25,27H2,1-5H3,(H,45,51)(H,46,53). The number of alkyl carbamates (subject to hydrolysis) is 1. The number of amides is 2. The number of rotatable bonds is 25. The monoisotopic (exact) mass is 906 g/mol. The summed E-state index contributed by atoms with van der Waals surface area (Å²) in [5.74, 6) is -3.15. The van der Waals surface area contributed by atoms with E-state index >= 15 is 4.39 Å². The second kappa shape index (κ2) is 23.1. The van der Waals surface area contributed by atoms with Gasteiger partial charge in [-0.05, 0) is 44.0 Å². The minimum atomic E-state index is -3.66. The maximum Gasteiger partial charge on any atom is 0.407 e. The van der Waals surface area contributed by atoms with Gasteiger partial charge in [-0.15, -0.1) is 0 Å². The zero-order valence-electron chi connectivity index (χ0n) is 36.2. The van der Waals surface area contributed by atoms with Crippen LogP contribution >= 0.6 is 0 Å². The van der Waals surface area contributed by atoms with Crippen LogP contribution in [0.2, 0.25) is 0 Å². The van der Waals surface area contributed by atoms with Crippen LogP contribution in [0.25, 0.3) is 22.0 Å². The van der Waals surface area contributed by atoms with E-state index in [0.717, 1.165) is 12.5 Å². The van der Waals surface area contributed by atoms with Gasteiger partial charge in [0.25, 0.3) is 11.5 Å². The number of hydrogen-bond donors (Lipinski definition) is 3. The Morgan fingerprint density at radius 1 is 0.825 bits per heavy atom. The number of anilines is 2. The van der Waals surface area contributed by atoms with E-state index in [1.807, 2.05) is 0 Å². The van der Waals surface area contributed by atoms with Crippen molar-refractivity contribution in [2.24, 2.45) is 7.05 Å². The summed E-state index contributed by atoms with van der Waals surface area (Å²) in [5.41, 5.74) is 1.50. The van der Waals surface area contributed by atoms with Crippen LogP contribution in [0, 0.1) is 11.6 Å². The largest absolute Gasteiger partial charge is 0.444 e. The molecule has 3 aromatic heterocycles. The molecule has 0 bridgehead atoms. The van der Waals surface area contributed by atoms with Crippen molar-refractivity contribution >= 4 is 44.2 Å². The highest BCUT2D eigenvalue weighted by atomic mass is 32.2. The Hall–Kier alpha value is -5.03. The van der Waals surface area contributed by atoms with Crippen molar-refractivity contribution in [3.63, 3.8) is 0 Å². The summed E-state index contributed by atoms with van der Waals surface area (Å²) >= 11 is 0. The van der Waals surface area contributed by atoms with Crippen LogP contribution in [0.15, 0.2) is 41.6 Å². The topological polar surface area (TPSA) is 211 Å². The van der Waals surface area contributed by atoms with Crippen LogP contribution in [-0.4, -0.2) is 139 Å². The van der Waals surface area contributed by atoms with E-state index in [1.54, 1.807) is 46.3 Å². The van der Waals surface area contributed by atoms with E-state index in [0.29, 0.717) is 105 Å². The Bertz CT molecular complexity index is 2350. The summed E-state index contributed by atoms with van der Waals surface area (Å²) in [4.78, 5) is 46.9. The van der Waals surface area contributed by atoms with Crippen LogP contribution in [0.5, 0.6) is 0 Å². The Morgan fingerprint density at radius 2 is 1.38 bits per heavy atom. The molecule has 0 radical (unpaired) electrons. The molecular formula is C42H56F2N6O12S. The molecule has 4 heterocycles.